The number of hydrogen-bond donors (Lipinski definition) is 2. The molecular formula is C19H17N5OS. The first-order valence-electron chi connectivity index (χ1n) is 8.08. The van der Waals surface area contributed by atoms with E-state index in [0.717, 1.165) is 20.9 Å². The largest absolute Gasteiger partial charge is 0.437 e. The van der Waals surface area contributed by atoms with Crippen molar-refractivity contribution < 1.29 is 4.74 Å². The molecule has 0 aliphatic rings. The van der Waals surface area contributed by atoms with Gasteiger partial charge in [-0.3, -0.25) is 0 Å². The molecule has 3 N–H and O–H groups in total. The van der Waals surface area contributed by atoms with Gasteiger partial charge in [0.05, 0.1) is 10.2 Å². The molecule has 0 aliphatic heterocycles. The van der Waals surface area contributed by atoms with E-state index in [2.05, 4.69) is 33.3 Å². The number of nitrogens with two attached hydrogens (primary N) is 1. The molecule has 7 heteroatoms. The quantitative estimate of drug-likeness (QED) is 0.540. The summed E-state index contributed by atoms with van der Waals surface area (Å²) in [7, 11) is 0. The highest BCUT2D eigenvalue weighted by Crippen LogP contribution is 2.33. The number of ether oxygens (including phenoxy) is 1. The molecule has 0 unspecified atom stereocenters. The molecule has 4 rings (SSSR count). The summed E-state index contributed by atoms with van der Waals surface area (Å²) >= 11 is 1.55. The summed E-state index contributed by atoms with van der Waals surface area (Å²) in [5.41, 5.74) is 9.82. The van der Waals surface area contributed by atoms with E-state index in [1.165, 1.54) is 11.9 Å². The molecule has 6 nitrogen and oxygen atoms in total. The number of nitrogens with one attached hydrogen (secondary N) is 1. The smallest absolute Gasteiger partial charge is 0.248 e. The number of fused-ring (bicyclic) bond motifs is 1. The zero-order chi connectivity index (χ0) is 18.1. The number of nitrogens with zero attached hydrogens (tertiary/aromatic N) is 3. The fraction of sp³-hybridized carbons (Fsp3) is 0.105. The van der Waals surface area contributed by atoms with Crippen molar-refractivity contribution in [1.82, 2.24) is 15.0 Å². The van der Waals surface area contributed by atoms with Gasteiger partial charge in [0, 0.05) is 0 Å². The van der Waals surface area contributed by atoms with Gasteiger partial charge in [-0.15, -0.1) is 0 Å². The first-order valence-corrected chi connectivity index (χ1v) is 8.89. The number of thiazole rings is 1. The molecule has 26 heavy (non-hydrogen) atoms. The van der Waals surface area contributed by atoms with E-state index >= 15 is 0 Å². The second-order valence-corrected chi connectivity index (χ2v) is 7.00. The minimum atomic E-state index is 0.309. The molecule has 0 spiro atoms. The van der Waals surface area contributed by atoms with Crippen LogP contribution in [0.4, 0.5) is 16.6 Å². The van der Waals surface area contributed by atoms with E-state index in [9.17, 15) is 0 Å². The Labute approximate surface area is 154 Å². The van der Waals surface area contributed by atoms with Crippen LogP contribution in [0.25, 0.3) is 10.2 Å². The Hall–Kier alpha value is -3.19. The van der Waals surface area contributed by atoms with Gasteiger partial charge >= 0.3 is 0 Å². The minimum absolute atomic E-state index is 0.309. The minimum Gasteiger partial charge on any atom is -0.437 e. The van der Waals surface area contributed by atoms with Crippen LogP contribution in [-0.4, -0.2) is 15.0 Å². The lowest BCUT2D eigenvalue weighted by Gasteiger charge is -2.10. The number of benzene rings is 2. The molecule has 0 amide bonds. The Morgan fingerprint density at radius 3 is 2.58 bits per heavy atom. The van der Waals surface area contributed by atoms with Gasteiger partial charge in [0.25, 0.3) is 0 Å². The van der Waals surface area contributed by atoms with Crippen molar-refractivity contribution >= 4 is 38.2 Å². The van der Waals surface area contributed by atoms with Crippen LogP contribution in [0.3, 0.4) is 0 Å². The predicted molar refractivity (Wildman–Crippen MR) is 105 cm³/mol. The van der Waals surface area contributed by atoms with Crippen LogP contribution >= 0.6 is 11.3 Å². The van der Waals surface area contributed by atoms with Gasteiger partial charge in [-0.1, -0.05) is 35.1 Å². The van der Waals surface area contributed by atoms with Gasteiger partial charge in [0.1, 0.15) is 17.8 Å². The molecule has 0 fully saturated rings. The van der Waals surface area contributed by atoms with Crippen LogP contribution in [0.1, 0.15) is 11.1 Å². The van der Waals surface area contributed by atoms with Gasteiger partial charge in [0.2, 0.25) is 5.88 Å². The van der Waals surface area contributed by atoms with Crippen molar-refractivity contribution in [3.05, 3.63) is 59.9 Å². The Morgan fingerprint density at radius 1 is 1.00 bits per heavy atom. The highest BCUT2D eigenvalue weighted by molar-refractivity contribution is 7.22. The van der Waals surface area contributed by atoms with E-state index in [-0.39, 0.29) is 0 Å². The summed E-state index contributed by atoms with van der Waals surface area (Å²) in [6, 6.07) is 13.8. The third-order valence-corrected chi connectivity index (χ3v) is 4.79. The molecule has 0 bridgehead atoms. The maximum absolute atomic E-state index is 6.19. The van der Waals surface area contributed by atoms with Gasteiger partial charge in [-0.05, 0) is 43.7 Å². The van der Waals surface area contributed by atoms with E-state index in [1.54, 1.807) is 11.3 Å². The van der Waals surface area contributed by atoms with Crippen LogP contribution in [-0.2, 0) is 0 Å². The molecule has 0 aliphatic carbocycles. The second-order valence-electron chi connectivity index (χ2n) is 5.97. The molecular weight excluding hydrogens is 346 g/mol. The highest BCUT2D eigenvalue weighted by atomic mass is 32.1. The average Bonchev–Trinajstić information content (AvgIpc) is 3.02. The van der Waals surface area contributed by atoms with E-state index in [1.807, 2.05) is 43.3 Å². The molecule has 0 radical (unpaired) electrons. The van der Waals surface area contributed by atoms with Crippen LogP contribution in [0.5, 0.6) is 11.6 Å². The maximum Gasteiger partial charge on any atom is 0.248 e. The standard InChI is InChI=1S/C19H17N5OS/c1-11-3-6-13(7-4-11)25-18-16(20)17(21-10-22-18)24-19-23-14-8-5-12(2)9-15(14)26-19/h3-10H,20H2,1-2H3,(H,21,22,23,24). The zero-order valence-electron chi connectivity index (χ0n) is 14.4. The van der Waals surface area contributed by atoms with Crippen LogP contribution < -0.4 is 15.8 Å². The molecule has 0 atom stereocenters. The van der Waals surface area contributed by atoms with Crippen molar-refractivity contribution in [1.29, 1.82) is 0 Å². The summed E-state index contributed by atoms with van der Waals surface area (Å²) in [5.74, 6) is 1.45. The number of anilines is 3. The lowest BCUT2D eigenvalue weighted by molar-refractivity contribution is 0.464. The topological polar surface area (TPSA) is 86.0 Å². The van der Waals surface area contributed by atoms with Crippen LogP contribution in [0, 0.1) is 13.8 Å². The van der Waals surface area contributed by atoms with Gasteiger partial charge in [0.15, 0.2) is 10.9 Å². The van der Waals surface area contributed by atoms with Crippen molar-refractivity contribution in [2.45, 2.75) is 13.8 Å². The second kappa shape index (κ2) is 6.61. The summed E-state index contributed by atoms with van der Waals surface area (Å²) < 4.78 is 6.89. The first kappa shape index (κ1) is 16.3. The van der Waals surface area contributed by atoms with Gasteiger partial charge < -0.3 is 15.8 Å². The van der Waals surface area contributed by atoms with Crippen molar-refractivity contribution in [2.75, 3.05) is 11.1 Å². The van der Waals surface area contributed by atoms with Gasteiger partial charge in [-0.25, -0.2) is 9.97 Å². The van der Waals surface area contributed by atoms with Crippen molar-refractivity contribution in [3.63, 3.8) is 0 Å². The Balaban J connectivity index is 1.61. The first-order chi connectivity index (χ1) is 12.6. The molecule has 2 aromatic carbocycles. The summed E-state index contributed by atoms with van der Waals surface area (Å²) in [6.07, 6.45) is 1.42. The SMILES string of the molecule is Cc1ccc(Oc2ncnc(Nc3nc4ccc(C)cc4s3)c2N)cc1. The number of nitrogen functional groups attached to an aromatic ring is 1. The highest BCUT2D eigenvalue weighted by Gasteiger charge is 2.12. The van der Waals surface area contributed by atoms with E-state index in [4.69, 9.17) is 10.5 Å². The van der Waals surface area contributed by atoms with E-state index in [0.29, 0.717) is 23.1 Å². The number of aryl methyl sites for hydroxylation is 2. The van der Waals surface area contributed by atoms with Crippen LogP contribution in [0.15, 0.2) is 48.8 Å². The summed E-state index contributed by atoms with van der Waals surface area (Å²) in [6.45, 7) is 4.08. The third kappa shape index (κ3) is 3.29. The molecule has 0 saturated carbocycles. The molecule has 130 valence electrons. The summed E-state index contributed by atoms with van der Waals surface area (Å²) in [5, 5.41) is 3.89. The van der Waals surface area contributed by atoms with Crippen molar-refractivity contribution in [3.8, 4) is 11.6 Å². The van der Waals surface area contributed by atoms with Crippen LogP contribution in [0.2, 0.25) is 0 Å². The predicted octanol–water partition coefficient (Wildman–Crippen LogP) is 4.82. The Morgan fingerprint density at radius 2 is 1.77 bits per heavy atom. The fourth-order valence-electron chi connectivity index (χ4n) is 2.46. The zero-order valence-corrected chi connectivity index (χ0v) is 15.2. The maximum atomic E-state index is 6.19. The fourth-order valence-corrected chi connectivity index (χ4v) is 3.43. The molecule has 2 heterocycles. The normalized spacial score (nSPS) is 10.8. The number of rotatable bonds is 4. The van der Waals surface area contributed by atoms with Crippen molar-refractivity contribution in [2.24, 2.45) is 0 Å². The number of aromatic nitrogens is 3. The Kier molecular flexibility index (Phi) is 4.14. The average molecular weight is 363 g/mol. The lowest BCUT2D eigenvalue weighted by Crippen LogP contribution is -2.02. The van der Waals surface area contributed by atoms with E-state index < -0.39 is 0 Å². The molecule has 4 aromatic rings. The van der Waals surface area contributed by atoms with Gasteiger partial charge in [-0.2, -0.15) is 4.98 Å². The molecule has 0 saturated heterocycles. The lowest BCUT2D eigenvalue weighted by atomic mass is 10.2. The summed E-state index contributed by atoms with van der Waals surface area (Å²) in [4.78, 5) is 12.9. The third-order valence-electron chi connectivity index (χ3n) is 3.85. The number of hydrogen-bond acceptors (Lipinski definition) is 7. The monoisotopic (exact) mass is 363 g/mol. The Bertz CT molecular complexity index is 1080. The molecule has 2 aromatic heterocycles.